The van der Waals surface area contributed by atoms with Gasteiger partial charge in [0.15, 0.2) is 0 Å². The second kappa shape index (κ2) is 5.34. The molecule has 0 aliphatic heterocycles. The minimum atomic E-state index is 0. The molecule has 1 aromatic rings. The van der Waals surface area contributed by atoms with E-state index in [-0.39, 0.29) is 12.4 Å². The minimum absolute atomic E-state index is 0. The zero-order valence-corrected chi connectivity index (χ0v) is 6.86. The number of rotatable bonds is 3. The summed E-state index contributed by atoms with van der Waals surface area (Å²) in [5.74, 6) is 0. The van der Waals surface area contributed by atoms with Crippen LogP contribution in [0.3, 0.4) is 0 Å². The summed E-state index contributed by atoms with van der Waals surface area (Å²) in [5, 5.41) is 11.8. The van der Waals surface area contributed by atoms with E-state index in [0.29, 0.717) is 10.9 Å². The summed E-state index contributed by atoms with van der Waals surface area (Å²) in [4.78, 5) is 9.63. The Labute approximate surface area is 75.3 Å². The topological polar surface area (TPSA) is 64.9 Å². The van der Waals surface area contributed by atoms with Crippen LogP contribution in [0.4, 0.5) is 5.69 Å². The second-order valence-corrected chi connectivity index (χ2v) is 1.84. The van der Waals surface area contributed by atoms with E-state index in [2.05, 4.69) is 5.29 Å². The van der Waals surface area contributed by atoms with Crippen LogP contribution in [0, 0.1) is 4.91 Å². The molecule has 0 aromatic heterocycles. The van der Waals surface area contributed by atoms with Crippen molar-refractivity contribution >= 4 is 18.1 Å². The molecule has 0 aliphatic rings. The SMILES string of the molecule is Cl.O=NNN(O)c1ccccc1. The largest absolute Gasteiger partial charge is 0.268 e. The molecule has 0 saturated carbocycles. The summed E-state index contributed by atoms with van der Waals surface area (Å²) in [6.45, 7) is 0. The Morgan fingerprint density at radius 1 is 1.33 bits per heavy atom. The summed E-state index contributed by atoms with van der Waals surface area (Å²) < 4.78 is 0. The number of hydrazine groups is 1. The number of anilines is 1. The number of benzene rings is 1. The first-order valence-corrected chi connectivity index (χ1v) is 2.96. The predicted molar refractivity (Wildman–Crippen MR) is 46.9 cm³/mol. The van der Waals surface area contributed by atoms with Crippen molar-refractivity contribution in [2.45, 2.75) is 0 Å². The maximum absolute atomic E-state index is 9.63. The molecule has 6 heteroatoms. The average Bonchev–Trinajstić information content (AvgIpc) is 2.07. The molecule has 0 amide bonds. The second-order valence-electron chi connectivity index (χ2n) is 1.84. The van der Waals surface area contributed by atoms with Gasteiger partial charge in [0, 0.05) is 0 Å². The van der Waals surface area contributed by atoms with Crippen molar-refractivity contribution in [1.82, 2.24) is 5.53 Å². The molecule has 0 radical (unpaired) electrons. The van der Waals surface area contributed by atoms with Crippen LogP contribution in [-0.4, -0.2) is 5.21 Å². The maximum atomic E-state index is 9.63. The van der Waals surface area contributed by atoms with E-state index in [9.17, 15) is 4.91 Å². The van der Waals surface area contributed by atoms with E-state index < -0.39 is 0 Å². The van der Waals surface area contributed by atoms with E-state index in [1.807, 2.05) is 5.53 Å². The molecule has 66 valence electrons. The fourth-order valence-electron chi connectivity index (χ4n) is 0.666. The van der Waals surface area contributed by atoms with Gasteiger partial charge in [0.05, 0.1) is 11.0 Å². The quantitative estimate of drug-likeness (QED) is 0.559. The molecule has 0 spiro atoms. The highest BCUT2D eigenvalue weighted by Gasteiger charge is 1.97. The lowest BCUT2D eigenvalue weighted by molar-refractivity contribution is 0.213. The van der Waals surface area contributed by atoms with Crippen molar-refractivity contribution < 1.29 is 5.21 Å². The van der Waals surface area contributed by atoms with Crippen LogP contribution in [0.5, 0.6) is 0 Å². The molecule has 1 aromatic carbocycles. The van der Waals surface area contributed by atoms with Crippen LogP contribution in [0.25, 0.3) is 0 Å². The van der Waals surface area contributed by atoms with E-state index >= 15 is 0 Å². The van der Waals surface area contributed by atoms with Gasteiger partial charge in [-0.2, -0.15) is 5.53 Å². The number of halogens is 1. The summed E-state index contributed by atoms with van der Waals surface area (Å²) in [6, 6.07) is 8.50. The summed E-state index contributed by atoms with van der Waals surface area (Å²) in [6.07, 6.45) is 0. The molecule has 0 saturated heterocycles. The lowest BCUT2D eigenvalue weighted by atomic mass is 10.3. The molecule has 0 atom stereocenters. The van der Waals surface area contributed by atoms with Gasteiger partial charge in [-0.05, 0) is 12.1 Å². The zero-order valence-electron chi connectivity index (χ0n) is 6.04. The van der Waals surface area contributed by atoms with Gasteiger partial charge >= 0.3 is 0 Å². The molecule has 2 N–H and O–H groups in total. The van der Waals surface area contributed by atoms with Gasteiger partial charge in [-0.25, -0.2) is 0 Å². The smallest absolute Gasteiger partial charge is 0.0893 e. The minimum Gasteiger partial charge on any atom is -0.268 e. The van der Waals surface area contributed by atoms with E-state index in [1.54, 1.807) is 30.3 Å². The molecule has 12 heavy (non-hydrogen) atoms. The number of para-hydroxylation sites is 1. The van der Waals surface area contributed by atoms with Crippen LogP contribution in [0.1, 0.15) is 0 Å². The van der Waals surface area contributed by atoms with E-state index in [1.165, 1.54) is 0 Å². The monoisotopic (exact) mass is 189 g/mol. The Morgan fingerprint density at radius 3 is 2.42 bits per heavy atom. The van der Waals surface area contributed by atoms with Gasteiger partial charge in [0.2, 0.25) is 0 Å². The highest BCUT2D eigenvalue weighted by Crippen LogP contribution is 2.07. The number of nitroso groups, excluding NO2 is 1. The first-order chi connectivity index (χ1) is 5.34. The van der Waals surface area contributed by atoms with Gasteiger partial charge in [-0.1, -0.05) is 18.2 Å². The molecular weight excluding hydrogens is 182 g/mol. The first-order valence-electron chi connectivity index (χ1n) is 2.96. The van der Waals surface area contributed by atoms with Gasteiger partial charge in [-0.15, -0.1) is 22.5 Å². The summed E-state index contributed by atoms with van der Waals surface area (Å²) in [7, 11) is 0. The molecule has 1 rings (SSSR count). The van der Waals surface area contributed by atoms with Crippen molar-refractivity contribution in [3.8, 4) is 0 Å². The zero-order chi connectivity index (χ0) is 8.10. The fraction of sp³-hybridized carbons (Fsp3) is 0. The van der Waals surface area contributed by atoms with Gasteiger partial charge in [0.1, 0.15) is 0 Å². The summed E-state index contributed by atoms with van der Waals surface area (Å²) >= 11 is 0. The van der Waals surface area contributed by atoms with Crippen LogP contribution in [0.2, 0.25) is 0 Å². The molecule has 0 aliphatic carbocycles. The number of nitrogens with one attached hydrogen (secondary N) is 1. The van der Waals surface area contributed by atoms with Crippen LogP contribution in [-0.2, 0) is 0 Å². The van der Waals surface area contributed by atoms with E-state index in [4.69, 9.17) is 5.21 Å². The molecule has 0 bridgehead atoms. The van der Waals surface area contributed by atoms with Crippen LogP contribution >= 0.6 is 12.4 Å². The highest BCUT2D eigenvalue weighted by atomic mass is 35.5. The highest BCUT2D eigenvalue weighted by molar-refractivity contribution is 5.85. The third-order valence-electron chi connectivity index (χ3n) is 1.14. The van der Waals surface area contributed by atoms with Crippen molar-refractivity contribution in [3.05, 3.63) is 35.2 Å². The Morgan fingerprint density at radius 2 is 1.92 bits per heavy atom. The third kappa shape index (κ3) is 2.73. The molecule has 0 heterocycles. The number of hydrogen-bond donors (Lipinski definition) is 2. The molecule has 0 unspecified atom stereocenters. The van der Waals surface area contributed by atoms with Crippen molar-refractivity contribution in [2.75, 3.05) is 5.17 Å². The molecule has 0 fully saturated rings. The maximum Gasteiger partial charge on any atom is 0.0893 e. The van der Waals surface area contributed by atoms with Crippen LogP contribution < -0.4 is 10.7 Å². The standard InChI is InChI=1S/C6H7N3O2.ClH/c10-8-7-9(11)6-4-2-1-3-5-6;/h1-5,11H,(H,7,10);1H. The van der Waals surface area contributed by atoms with Crippen molar-refractivity contribution in [2.24, 2.45) is 5.29 Å². The van der Waals surface area contributed by atoms with Crippen molar-refractivity contribution in [3.63, 3.8) is 0 Å². The summed E-state index contributed by atoms with van der Waals surface area (Å²) in [5.41, 5.74) is 2.27. The average molecular weight is 190 g/mol. The third-order valence-corrected chi connectivity index (χ3v) is 1.14. The van der Waals surface area contributed by atoms with Gasteiger partial charge < -0.3 is 0 Å². The van der Waals surface area contributed by atoms with Gasteiger partial charge in [0.25, 0.3) is 0 Å². The number of nitrogens with zero attached hydrogens (tertiary/aromatic N) is 2. The lowest BCUT2D eigenvalue weighted by Gasteiger charge is -2.11. The van der Waals surface area contributed by atoms with E-state index in [0.717, 1.165) is 0 Å². The van der Waals surface area contributed by atoms with Crippen LogP contribution in [0.15, 0.2) is 35.6 Å². The Kier molecular flexibility index (Phi) is 4.75. The fourth-order valence-corrected chi connectivity index (χ4v) is 0.666. The number of hydrogen-bond acceptors (Lipinski definition) is 4. The Hall–Kier alpha value is -1.33. The molecular formula is C6H8ClN3O2. The lowest BCUT2D eigenvalue weighted by Crippen LogP contribution is -2.29. The molecule has 5 nitrogen and oxygen atoms in total. The predicted octanol–water partition coefficient (Wildman–Crippen LogP) is 1.49. The first kappa shape index (κ1) is 10.7. The van der Waals surface area contributed by atoms with Gasteiger partial charge in [-0.3, -0.25) is 5.21 Å². The van der Waals surface area contributed by atoms with Crippen molar-refractivity contribution in [1.29, 1.82) is 0 Å². The Bertz CT molecular complexity index is 231. The normalized spacial score (nSPS) is 8.08. The Balaban J connectivity index is 0.00000121.